The van der Waals surface area contributed by atoms with E-state index in [9.17, 15) is 4.79 Å². The van der Waals surface area contributed by atoms with Crippen LogP contribution in [0.4, 0.5) is 11.6 Å². The van der Waals surface area contributed by atoms with Gasteiger partial charge in [0.25, 0.3) is 0 Å². The van der Waals surface area contributed by atoms with Crippen LogP contribution in [0.15, 0.2) is 34.8 Å². The number of halogens is 3. The predicted octanol–water partition coefficient (Wildman–Crippen LogP) is 6.36. The van der Waals surface area contributed by atoms with Gasteiger partial charge < -0.3 is 20.7 Å². The van der Waals surface area contributed by atoms with Crippen LogP contribution < -0.4 is 11.1 Å². The molecule has 1 fully saturated rings. The lowest BCUT2D eigenvalue weighted by molar-refractivity contribution is 0.0697. The molecule has 0 unspecified atom stereocenters. The number of hydrogen-bond donors (Lipinski definition) is 3. The maximum Gasteiger partial charge on any atom is 0.335 e. The molecule has 4 rings (SSSR count). The van der Waals surface area contributed by atoms with Crippen molar-refractivity contribution in [2.75, 3.05) is 5.32 Å². The molecular weight excluding hydrogens is 491 g/mol. The summed E-state index contributed by atoms with van der Waals surface area (Å²) in [5.41, 5.74) is 7.65. The number of aromatic nitrogens is 2. The number of nitrogens with one attached hydrogen (secondary N) is 1. The molecule has 1 aliphatic carbocycles. The summed E-state index contributed by atoms with van der Waals surface area (Å²) >= 11 is 15.7. The van der Waals surface area contributed by atoms with Crippen LogP contribution in [0.3, 0.4) is 0 Å². The van der Waals surface area contributed by atoms with Gasteiger partial charge in [0, 0.05) is 17.6 Å². The smallest absolute Gasteiger partial charge is 0.335 e. The van der Waals surface area contributed by atoms with Crippen molar-refractivity contribution >= 4 is 67.8 Å². The molecule has 30 heavy (non-hydrogen) atoms. The highest BCUT2D eigenvalue weighted by atomic mass is 79.9. The Morgan fingerprint density at radius 1 is 1.23 bits per heavy atom. The highest BCUT2D eigenvalue weighted by molar-refractivity contribution is 9.10. The van der Waals surface area contributed by atoms with Crippen LogP contribution >= 0.6 is 39.1 Å². The number of nitrogens with two attached hydrogens (primary N) is 1. The average Bonchev–Trinajstić information content (AvgIpc) is 3.02. The van der Waals surface area contributed by atoms with Crippen LogP contribution in [-0.2, 0) is 7.05 Å². The third kappa shape index (κ3) is 5.27. The lowest BCUT2D eigenvalue weighted by Crippen LogP contribution is -2.22. The van der Waals surface area contributed by atoms with Crippen molar-refractivity contribution in [3.63, 3.8) is 0 Å². The molecule has 3 aromatic rings. The van der Waals surface area contributed by atoms with E-state index in [4.69, 9.17) is 34.0 Å². The summed E-state index contributed by atoms with van der Waals surface area (Å²) in [6.45, 7) is 0. The van der Waals surface area contributed by atoms with Gasteiger partial charge in [0.2, 0.25) is 5.95 Å². The first-order chi connectivity index (χ1) is 14.3. The highest BCUT2D eigenvalue weighted by Gasteiger charge is 2.16. The zero-order valence-electron chi connectivity index (χ0n) is 16.5. The molecule has 160 valence electrons. The van der Waals surface area contributed by atoms with E-state index < -0.39 is 5.97 Å². The third-order valence-electron chi connectivity index (χ3n) is 5.02. The molecule has 1 aliphatic rings. The Hall–Kier alpha value is -1.80. The maximum atomic E-state index is 11.2. The Balaban J connectivity index is 0.000000310. The normalized spacial score (nSPS) is 14.3. The number of carboxylic acid groups (broad SMARTS) is 1. The predicted molar refractivity (Wildman–Crippen MR) is 126 cm³/mol. The molecule has 0 amide bonds. The van der Waals surface area contributed by atoms with Crippen molar-refractivity contribution in [3.8, 4) is 0 Å². The fraction of sp³-hybridized carbons (Fsp3) is 0.333. The number of nitrogens with zero attached hydrogens (tertiary/aromatic N) is 2. The number of aryl methyl sites for hydroxylation is 1. The summed E-state index contributed by atoms with van der Waals surface area (Å²) in [6.07, 6.45) is 6.66. The van der Waals surface area contributed by atoms with E-state index in [1.165, 1.54) is 38.2 Å². The van der Waals surface area contributed by atoms with Crippen LogP contribution in [0.2, 0.25) is 10.0 Å². The number of aromatic carboxylic acids is 1. The van der Waals surface area contributed by atoms with Gasteiger partial charge in [-0.2, -0.15) is 0 Å². The molecule has 0 spiro atoms. The Morgan fingerprint density at radius 3 is 2.40 bits per heavy atom. The van der Waals surface area contributed by atoms with Crippen LogP contribution in [-0.4, -0.2) is 26.7 Å². The van der Waals surface area contributed by atoms with Crippen molar-refractivity contribution in [2.24, 2.45) is 12.8 Å². The molecule has 2 aromatic carbocycles. The van der Waals surface area contributed by atoms with E-state index in [1.807, 2.05) is 7.05 Å². The molecule has 1 heterocycles. The van der Waals surface area contributed by atoms with Crippen LogP contribution in [0.25, 0.3) is 11.0 Å². The summed E-state index contributed by atoms with van der Waals surface area (Å²) in [5, 5.41) is 13.2. The standard InChI is InChI=1S/C15H10BrCl2N3O2.C6H13N/c1-21-13-8(16)5-7(14(22)23)6-11(13)19-15(21)20-12-9(17)3-2-4-10(12)18;7-6-4-2-1-3-5-6/h2-6H,1H3,(H,19,20)(H,22,23);6H,1-5,7H2. The molecule has 0 bridgehead atoms. The van der Waals surface area contributed by atoms with Gasteiger partial charge in [-0.25, -0.2) is 9.78 Å². The molecule has 1 aromatic heterocycles. The van der Waals surface area contributed by atoms with Crippen molar-refractivity contribution in [1.29, 1.82) is 0 Å². The lowest BCUT2D eigenvalue weighted by atomic mass is 9.97. The molecule has 0 saturated heterocycles. The van der Waals surface area contributed by atoms with Crippen molar-refractivity contribution in [2.45, 2.75) is 38.1 Å². The Bertz CT molecular complexity index is 1040. The molecule has 9 heteroatoms. The second-order valence-electron chi connectivity index (χ2n) is 7.25. The van der Waals surface area contributed by atoms with Gasteiger partial charge in [0.15, 0.2) is 0 Å². The molecule has 1 saturated carbocycles. The Labute approximate surface area is 193 Å². The SMILES string of the molecule is Cn1c(Nc2c(Cl)cccc2Cl)nc2cc(C(=O)O)cc(Br)c21.NC1CCCCC1. The molecule has 4 N–H and O–H groups in total. The number of rotatable bonds is 3. The van der Waals surface area contributed by atoms with Gasteiger partial charge in [0.1, 0.15) is 0 Å². The van der Waals surface area contributed by atoms with Gasteiger partial charge in [-0.3, -0.25) is 0 Å². The van der Waals surface area contributed by atoms with Crippen molar-refractivity contribution in [3.05, 3.63) is 50.4 Å². The first-order valence-electron chi connectivity index (χ1n) is 9.63. The largest absolute Gasteiger partial charge is 0.478 e. The molecular formula is C21H23BrCl2N4O2. The molecule has 0 aliphatic heterocycles. The number of carboxylic acids is 1. The summed E-state index contributed by atoms with van der Waals surface area (Å²) in [4.78, 5) is 15.6. The summed E-state index contributed by atoms with van der Waals surface area (Å²) in [7, 11) is 1.81. The number of imidazole rings is 1. The maximum absolute atomic E-state index is 11.2. The quantitative estimate of drug-likeness (QED) is 0.378. The summed E-state index contributed by atoms with van der Waals surface area (Å²) in [5.74, 6) is -0.514. The number of fused-ring (bicyclic) bond motifs is 1. The van der Waals surface area contributed by atoms with E-state index >= 15 is 0 Å². The number of para-hydroxylation sites is 1. The zero-order valence-corrected chi connectivity index (χ0v) is 19.6. The van der Waals surface area contributed by atoms with Gasteiger partial charge in [-0.15, -0.1) is 0 Å². The minimum Gasteiger partial charge on any atom is -0.478 e. The first kappa shape index (κ1) is 22.9. The fourth-order valence-electron chi connectivity index (χ4n) is 3.40. The van der Waals surface area contributed by atoms with Crippen LogP contribution in [0.5, 0.6) is 0 Å². The fourth-order valence-corrected chi connectivity index (χ4v) is 4.60. The minimum absolute atomic E-state index is 0.157. The number of hydrogen-bond acceptors (Lipinski definition) is 4. The van der Waals surface area contributed by atoms with Gasteiger partial charge in [-0.1, -0.05) is 48.5 Å². The van der Waals surface area contributed by atoms with E-state index in [-0.39, 0.29) is 5.56 Å². The summed E-state index contributed by atoms with van der Waals surface area (Å²) < 4.78 is 2.44. The van der Waals surface area contributed by atoms with Crippen LogP contribution in [0.1, 0.15) is 42.5 Å². The zero-order chi connectivity index (χ0) is 21.8. The topological polar surface area (TPSA) is 93.2 Å². The van der Waals surface area contributed by atoms with E-state index in [0.717, 1.165) is 5.52 Å². The van der Waals surface area contributed by atoms with Gasteiger partial charge in [0.05, 0.1) is 32.3 Å². The van der Waals surface area contributed by atoms with Gasteiger partial charge in [-0.05, 0) is 53.0 Å². The minimum atomic E-state index is -1.01. The third-order valence-corrected chi connectivity index (χ3v) is 6.25. The number of carbonyl (C=O) groups is 1. The molecule has 0 radical (unpaired) electrons. The Morgan fingerprint density at radius 2 is 1.87 bits per heavy atom. The van der Waals surface area contributed by atoms with Crippen LogP contribution in [0, 0.1) is 0 Å². The second-order valence-corrected chi connectivity index (χ2v) is 8.91. The first-order valence-corrected chi connectivity index (χ1v) is 11.2. The van der Waals surface area contributed by atoms with E-state index in [2.05, 4.69) is 26.2 Å². The monoisotopic (exact) mass is 512 g/mol. The number of benzene rings is 2. The summed E-state index contributed by atoms with van der Waals surface area (Å²) in [6, 6.07) is 8.78. The lowest BCUT2D eigenvalue weighted by Gasteiger charge is -2.15. The average molecular weight is 514 g/mol. The Kier molecular flexibility index (Phi) is 7.63. The molecule has 0 atom stereocenters. The molecule has 6 nitrogen and oxygen atoms in total. The highest BCUT2D eigenvalue weighted by Crippen LogP contribution is 2.34. The van der Waals surface area contributed by atoms with Gasteiger partial charge >= 0.3 is 5.97 Å². The van der Waals surface area contributed by atoms with Crippen molar-refractivity contribution < 1.29 is 9.90 Å². The second kappa shape index (κ2) is 10.0. The van der Waals surface area contributed by atoms with E-state index in [1.54, 1.807) is 28.8 Å². The number of anilines is 2. The van der Waals surface area contributed by atoms with Crippen molar-refractivity contribution in [1.82, 2.24) is 9.55 Å². The van der Waals surface area contributed by atoms with E-state index in [0.29, 0.717) is 37.7 Å².